The highest BCUT2D eigenvalue weighted by Gasteiger charge is 2.15. The molecular formula is C13H16N4O2. The standard InChI is InChI=1S/C13H16N4O2/c1-8-11(14)12(17(2)16-8)15-10-7-5-4-6-9(10)13(18)19-3/h4-7,15H,14H2,1-3H3. The Morgan fingerprint density at radius 2 is 2.11 bits per heavy atom. The molecule has 0 aliphatic rings. The lowest BCUT2D eigenvalue weighted by atomic mass is 10.2. The van der Waals surface area contributed by atoms with E-state index in [2.05, 4.69) is 10.4 Å². The number of nitrogens with one attached hydrogen (secondary N) is 1. The number of carbonyl (C=O) groups is 1. The van der Waals surface area contributed by atoms with Crippen molar-refractivity contribution in [3.63, 3.8) is 0 Å². The van der Waals surface area contributed by atoms with Gasteiger partial charge < -0.3 is 15.8 Å². The quantitative estimate of drug-likeness (QED) is 0.823. The van der Waals surface area contributed by atoms with Crippen LogP contribution in [0.3, 0.4) is 0 Å². The first-order valence-electron chi connectivity index (χ1n) is 5.78. The number of nitrogens with two attached hydrogens (primary N) is 1. The molecule has 6 heteroatoms. The van der Waals surface area contributed by atoms with E-state index >= 15 is 0 Å². The number of aryl methyl sites for hydroxylation is 2. The number of benzene rings is 1. The van der Waals surface area contributed by atoms with E-state index < -0.39 is 5.97 Å². The normalized spacial score (nSPS) is 10.3. The van der Waals surface area contributed by atoms with Crippen LogP contribution in [0, 0.1) is 6.92 Å². The van der Waals surface area contributed by atoms with Gasteiger partial charge in [-0.3, -0.25) is 4.68 Å². The molecule has 0 bridgehead atoms. The van der Waals surface area contributed by atoms with Gasteiger partial charge in [0.1, 0.15) is 0 Å². The summed E-state index contributed by atoms with van der Waals surface area (Å²) in [5.41, 5.74) is 8.32. The highest BCUT2D eigenvalue weighted by molar-refractivity contribution is 5.96. The molecule has 0 saturated carbocycles. The first-order valence-corrected chi connectivity index (χ1v) is 5.78. The van der Waals surface area contributed by atoms with Gasteiger partial charge in [0.05, 0.1) is 29.7 Å². The predicted octanol–water partition coefficient (Wildman–Crippen LogP) is 1.84. The Morgan fingerprint density at radius 1 is 1.42 bits per heavy atom. The Hall–Kier alpha value is -2.50. The second kappa shape index (κ2) is 5.01. The zero-order valence-corrected chi connectivity index (χ0v) is 11.1. The number of nitrogen functional groups attached to an aromatic ring is 1. The van der Waals surface area contributed by atoms with Crippen LogP contribution in [-0.4, -0.2) is 22.9 Å². The summed E-state index contributed by atoms with van der Waals surface area (Å²) in [5.74, 6) is 0.245. The first-order chi connectivity index (χ1) is 9.04. The van der Waals surface area contributed by atoms with Crippen LogP contribution in [0.5, 0.6) is 0 Å². The third-order valence-electron chi connectivity index (χ3n) is 2.85. The number of nitrogens with zero attached hydrogens (tertiary/aromatic N) is 2. The number of esters is 1. The Kier molecular flexibility index (Phi) is 3.41. The van der Waals surface area contributed by atoms with E-state index in [0.29, 0.717) is 22.8 Å². The molecule has 0 fully saturated rings. The van der Waals surface area contributed by atoms with Crippen LogP contribution in [-0.2, 0) is 11.8 Å². The maximum absolute atomic E-state index is 11.7. The molecular weight excluding hydrogens is 244 g/mol. The van der Waals surface area contributed by atoms with Crippen molar-refractivity contribution in [2.75, 3.05) is 18.2 Å². The van der Waals surface area contributed by atoms with Gasteiger partial charge in [0.25, 0.3) is 0 Å². The maximum atomic E-state index is 11.7. The molecule has 0 aliphatic heterocycles. The second-order valence-electron chi connectivity index (χ2n) is 4.13. The first kappa shape index (κ1) is 12.9. The highest BCUT2D eigenvalue weighted by Crippen LogP contribution is 2.27. The lowest BCUT2D eigenvalue weighted by molar-refractivity contribution is 0.0602. The summed E-state index contributed by atoms with van der Waals surface area (Å²) < 4.78 is 6.39. The summed E-state index contributed by atoms with van der Waals surface area (Å²) in [6, 6.07) is 7.07. The van der Waals surface area contributed by atoms with Crippen molar-refractivity contribution in [2.24, 2.45) is 7.05 Å². The predicted molar refractivity (Wildman–Crippen MR) is 73.4 cm³/mol. The van der Waals surface area contributed by atoms with Crippen molar-refractivity contribution < 1.29 is 9.53 Å². The van der Waals surface area contributed by atoms with Gasteiger partial charge in [-0.2, -0.15) is 5.10 Å². The fraction of sp³-hybridized carbons (Fsp3) is 0.231. The minimum absolute atomic E-state index is 0.402. The zero-order valence-electron chi connectivity index (χ0n) is 11.1. The molecule has 1 aromatic heterocycles. The van der Waals surface area contributed by atoms with Gasteiger partial charge in [0, 0.05) is 7.05 Å². The van der Waals surface area contributed by atoms with E-state index in [-0.39, 0.29) is 0 Å². The third kappa shape index (κ3) is 2.37. The van der Waals surface area contributed by atoms with E-state index in [9.17, 15) is 4.79 Å². The molecule has 6 nitrogen and oxygen atoms in total. The van der Waals surface area contributed by atoms with Crippen molar-refractivity contribution in [3.05, 3.63) is 35.5 Å². The summed E-state index contributed by atoms with van der Waals surface area (Å²) in [6.45, 7) is 1.83. The van der Waals surface area contributed by atoms with Crippen molar-refractivity contribution in [3.8, 4) is 0 Å². The summed E-state index contributed by atoms with van der Waals surface area (Å²) in [7, 11) is 3.13. The summed E-state index contributed by atoms with van der Waals surface area (Å²) in [6.07, 6.45) is 0. The van der Waals surface area contributed by atoms with Crippen LogP contribution in [0.15, 0.2) is 24.3 Å². The Balaban J connectivity index is 2.41. The molecule has 2 rings (SSSR count). The largest absolute Gasteiger partial charge is 0.465 e. The van der Waals surface area contributed by atoms with Gasteiger partial charge in [-0.05, 0) is 19.1 Å². The van der Waals surface area contributed by atoms with Crippen LogP contribution < -0.4 is 11.1 Å². The third-order valence-corrected chi connectivity index (χ3v) is 2.85. The van der Waals surface area contributed by atoms with Gasteiger partial charge >= 0.3 is 5.97 Å². The molecule has 3 N–H and O–H groups in total. The minimum Gasteiger partial charge on any atom is -0.465 e. The summed E-state index contributed by atoms with van der Waals surface area (Å²) >= 11 is 0. The van der Waals surface area contributed by atoms with Gasteiger partial charge in [0.2, 0.25) is 0 Å². The molecule has 0 amide bonds. The monoisotopic (exact) mass is 260 g/mol. The number of para-hydroxylation sites is 1. The number of aromatic nitrogens is 2. The molecule has 0 unspecified atom stereocenters. The topological polar surface area (TPSA) is 82.2 Å². The number of ether oxygens (including phenoxy) is 1. The number of rotatable bonds is 3. The van der Waals surface area contributed by atoms with Gasteiger partial charge in [0.15, 0.2) is 5.82 Å². The number of hydrogen-bond acceptors (Lipinski definition) is 5. The number of methoxy groups -OCH3 is 1. The van der Waals surface area contributed by atoms with E-state index in [1.165, 1.54) is 7.11 Å². The smallest absolute Gasteiger partial charge is 0.339 e. The SMILES string of the molecule is COC(=O)c1ccccc1Nc1c(N)c(C)nn1C. The number of anilines is 3. The van der Waals surface area contributed by atoms with E-state index in [0.717, 1.165) is 5.69 Å². The molecule has 1 heterocycles. The minimum atomic E-state index is -0.402. The summed E-state index contributed by atoms with van der Waals surface area (Å²) in [4.78, 5) is 11.7. The Labute approximate surface area is 111 Å². The van der Waals surface area contributed by atoms with Crippen molar-refractivity contribution in [1.29, 1.82) is 0 Å². The Morgan fingerprint density at radius 3 is 2.68 bits per heavy atom. The van der Waals surface area contributed by atoms with E-state index in [1.807, 2.05) is 13.0 Å². The molecule has 19 heavy (non-hydrogen) atoms. The second-order valence-corrected chi connectivity index (χ2v) is 4.13. The summed E-state index contributed by atoms with van der Waals surface area (Å²) in [5, 5.41) is 7.33. The highest BCUT2D eigenvalue weighted by atomic mass is 16.5. The van der Waals surface area contributed by atoms with E-state index in [1.54, 1.807) is 29.9 Å². The molecule has 0 radical (unpaired) electrons. The van der Waals surface area contributed by atoms with Crippen LogP contribution in [0.25, 0.3) is 0 Å². The average molecular weight is 260 g/mol. The molecule has 1 aromatic carbocycles. The molecule has 0 atom stereocenters. The van der Waals surface area contributed by atoms with Crippen LogP contribution >= 0.6 is 0 Å². The molecule has 0 spiro atoms. The van der Waals surface area contributed by atoms with Crippen molar-refractivity contribution >= 4 is 23.2 Å². The fourth-order valence-electron chi connectivity index (χ4n) is 1.83. The fourth-order valence-corrected chi connectivity index (χ4v) is 1.83. The van der Waals surface area contributed by atoms with Crippen LogP contribution in [0.4, 0.5) is 17.2 Å². The van der Waals surface area contributed by atoms with Crippen LogP contribution in [0.2, 0.25) is 0 Å². The molecule has 0 saturated heterocycles. The van der Waals surface area contributed by atoms with Crippen molar-refractivity contribution in [2.45, 2.75) is 6.92 Å². The number of hydrogen-bond donors (Lipinski definition) is 2. The van der Waals surface area contributed by atoms with Crippen LogP contribution in [0.1, 0.15) is 16.1 Å². The lowest BCUT2D eigenvalue weighted by Gasteiger charge is -2.11. The molecule has 100 valence electrons. The van der Waals surface area contributed by atoms with E-state index in [4.69, 9.17) is 10.5 Å². The van der Waals surface area contributed by atoms with Crippen molar-refractivity contribution in [1.82, 2.24) is 9.78 Å². The maximum Gasteiger partial charge on any atom is 0.339 e. The average Bonchev–Trinajstić information content (AvgIpc) is 2.65. The number of carbonyl (C=O) groups excluding carboxylic acids is 1. The van der Waals surface area contributed by atoms with Gasteiger partial charge in [-0.25, -0.2) is 4.79 Å². The lowest BCUT2D eigenvalue weighted by Crippen LogP contribution is -2.08. The van der Waals surface area contributed by atoms with Gasteiger partial charge in [-0.15, -0.1) is 0 Å². The van der Waals surface area contributed by atoms with Gasteiger partial charge in [-0.1, -0.05) is 12.1 Å². The zero-order chi connectivity index (χ0) is 14.0. The Bertz CT molecular complexity index is 619. The molecule has 2 aromatic rings. The molecule has 0 aliphatic carbocycles.